The second-order valence-electron chi connectivity index (χ2n) is 4.91. The summed E-state index contributed by atoms with van der Waals surface area (Å²) in [4.78, 5) is 37.5. The van der Waals surface area contributed by atoms with Gasteiger partial charge in [0, 0.05) is 4.47 Å². The Kier molecular flexibility index (Phi) is 3.87. The van der Waals surface area contributed by atoms with E-state index in [0.29, 0.717) is 11.4 Å². The Morgan fingerprint density at radius 1 is 1.22 bits per heavy atom. The zero-order chi connectivity index (χ0) is 16.6. The molecule has 1 aromatic heterocycles. The van der Waals surface area contributed by atoms with E-state index in [4.69, 9.17) is 4.42 Å². The Morgan fingerprint density at radius 2 is 2.00 bits per heavy atom. The minimum absolute atomic E-state index is 0.167. The molecule has 3 rings (SSSR count). The maximum atomic E-state index is 12.6. The van der Waals surface area contributed by atoms with E-state index in [1.807, 2.05) is 6.92 Å². The molecule has 0 aliphatic carbocycles. The van der Waals surface area contributed by atoms with Crippen LogP contribution < -0.4 is 10.2 Å². The number of carbonyl (C=O) groups excluding carboxylic acids is 3. The Hall–Kier alpha value is -2.67. The van der Waals surface area contributed by atoms with Crippen LogP contribution in [0.25, 0.3) is 6.08 Å². The number of hydrogen-bond donors (Lipinski definition) is 1. The Morgan fingerprint density at radius 3 is 2.65 bits per heavy atom. The lowest BCUT2D eigenvalue weighted by Crippen LogP contribution is -2.54. The molecule has 116 valence electrons. The van der Waals surface area contributed by atoms with Crippen LogP contribution >= 0.6 is 15.9 Å². The third kappa shape index (κ3) is 2.83. The van der Waals surface area contributed by atoms with Crippen molar-refractivity contribution < 1.29 is 18.8 Å². The Bertz CT molecular complexity index is 840. The molecule has 1 fully saturated rings. The van der Waals surface area contributed by atoms with Crippen molar-refractivity contribution in [3.05, 3.63) is 58.0 Å². The second-order valence-corrected chi connectivity index (χ2v) is 5.76. The van der Waals surface area contributed by atoms with Crippen LogP contribution in [0.4, 0.5) is 10.5 Å². The van der Waals surface area contributed by atoms with E-state index >= 15 is 0 Å². The standard InChI is InChI=1S/C16H11BrN2O4/c1-9-7-10(4-5-13(9)17)19-15(21)12(14(20)18-16(19)22)8-11-3-2-6-23-11/h2-8H,1H3,(H,18,20,22)/b12-8-. The number of nitrogens with one attached hydrogen (secondary N) is 1. The van der Waals surface area contributed by atoms with E-state index < -0.39 is 17.8 Å². The fourth-order valence-corrected chi connectivity index (χ4v) is 2.42. The molecule has 0 spiro atoms. The average Bonchev–Trinajstić information content (AvgIpc) is 3.00. The molecule has 1 aliphatic heterocycles. The first kappa shape index (κ1) is 15.2. The van der Waals surface area contributed by atoms with Gasteiger partial charge in [-0.25, -0.2) is 9.69 Å². The van der Waals surface area contributed by atoms with Gasteiger partial charge in [0.15, 0.2) is 0 Å². The molecular formula is C16H11BrN2O4. The molecular weight excluding hydrogens is 364 g/mol. The number of rotatable bonds is 2. The van der Waals surface area contributed by atoms with E-state index in [1.54, 1.807) is 30.3 Å². The number of halogens is 1. The van der Waals surface area contributed by atoms with Gasteiger partial charge in [0.25, 0.3) is 11.8 Å². The number of furan rings is 1. The highest BCUT2D eigenvalue weighted by Crippen LogP contribution is 2.26. The van der Waals surface area contributed by atoms with Crippen LogP contribution in [0.15, 0.2) is 51.1 Å². The van der Waals surface area contributed by atoms with Crippen LogP contribution in [-0.4, -0.2) is 17.8 Å². The maximum absolute atomic E-state index is 12.6. The molecule has 0 radical (unpaired) electrons. The number of benzene rings is 1. The second kappa shape index (κ2) is 5.85. The van der Waals surface area contributed by atoms with E-state index in [2.05, 4.69) is 21.2 Å². The van der Waals surface area contributed by atoms with Gasteiger partial charge < -0.3 is 4.42 Å². The van der Waals surface area contributed by atoms with Gasteiger partial charge in [0.05, 0.1) is 12.0 Å². The number of aryl methyl sites for hydroxylation is 1. The maximum Gasteiger partial charge on any atom is 0.335 e. The summed E-state index contributed by atoms with van der Waals surface area (Å²) in [5, 5.41) is 2.16. The topological polar surface area (TPSA) is 79.6 Å². The first-order valence-electron chi connectivity index (χ1n) is 6.68. The summed E-state index contributed by atoms with van der Waals surface area (Å²) in [7, 11) is 0. The number of nitrogens with zero attached hydrogens (tertiary/aromatic N) is 1. The molecule has 1 aliphatic rings. The lowest BCUT2D eigenvalue weighted by molar-refractivity contribution is -0.122. The summed E-state index contributed by atoms with van der Waals surface area (Å²) in [5.74, 6) is -1.09. The van der Waals surface area contributed by atoms with Gasteiger partial charge in [0.2, 0.25) is 0 Å². The summed E-state index contributed by atoms with van der Waals surface area (Å²) >= 11 is 3.36. The number of hydrogen-bond acceptors (Lipinski definition) is 4. The number of barbiturate groups is 1. The average molecular weight is 375 g/mol. The predicted octanol–water partition coefficient (Wildman–Crippen LogP) is 3.02. The van der Waals surface area contributed by atoms with Crippen molar-refractivity contribution >= 4 is 45.5 Å². The largest absolute Gasteiger partial charge is 0.465 e. The van der Waals surface area contributed by atoms with Crippen LogP contribution in [0.5, 0.6) is 0 Å². The number of imide groups is 2. The third-order valence-corrected chi connectivity index (χ3v) is 4.22. The van der Waals surface area contributed by atoms with Crippen LogP contribution in [0.3, 0.4) is 0 Å². The van der Waals surface area contributed by atoms with Gasteiger partial charge in [-0.15, -0.1) is 0 Å². The van der Waals surface area contributed by atoms with E-state index in [9.17, 15) is 14.4 Å². The normalized spacial score (nSPS) is 16.9. The molecule has 1 saturated heterocycles. The summed E-state index contributed by atoms with van der Waals surface area (Å²) in [6, 6.07) is 7.50. The molecule has 2 aromatic rings. The quantitative estimate of drug-likeness (QED) is 0.647. The molecule has 0 unspecified atom stereocenters. The summed E-state index contributed by atoms with van der Waals surface area (Å²) in [5.41, 5.74) is 1.07. The van der Waals surface area contributed by atoms with Crippen LogP contribution in [0.1, 0.15) is 11.3 Å². The molecule has 6 nitrogen and oxygen atoms in total. The van der Waals surface area contributed by atoms with Crippen LogP contribution in [0.2, 0.25) is 0 Å². The fourth-order valence-electron chi connectivity index (χ4n) is 2.18. The smallest absolute Gasteiger partial charge is 0.335 e. The first-order chi connectivity index (χ1) is 11.0. The summed E-state index contributed by atoms with van der Waals surface area (Å²) < 4.78 is 5.97. The SMILES string of the molecule is Cc1cc(N2C(=O)NC(=O)/C(=C/c3ccco3)C2=O)ccc1Br. The van der Waals surface area contributed by atoms with Crippen molar-refractivity contribution in [3.8, 4) is 0 Å². The molecule has 4 amide bonds. The number of urea groups is 1. The lowest BCUT2D eigenvalue weighted by atomic mass is 10.1. The van der Waals surface area contributed by atoms with Crippen molar-refractivity contribution in [1.82, 2.24) is 5.32 Å². The minimum Gasteiger partial charge on any atom is -0.465 e. The van der Waals surface area contributed by atoms with E-state index in [1.165, 1.54) is 12.3 Å². The zero-order valence-corrected chi connectivity index (χ0v) is 13.6. The van der Waals surface area contributed by atoms with Crippen LogP contribution in [-0.2, 0) is 9.59 Å². The molecule has 0 atom stereocenters. The molecule has 0 bridgehead atoms. The van der Waals surface area contributed by atoms with Crippen molar-refractivity contribution in [1.29, 1.82) is 0 Å². The Labute approximate surface area is 139 Å². The van der Waals surface area contributed by atoms with Gasteiger partial charge in [-0.2, -0.15) is 0 Å². The monoisotopic (exact) mass is 374 g/mol. The van der Waals surface area contributed by atoms with E-state index in [-0.39, 0.29) is 5.57 Å². The first-order valence-corrected chi connectivity index (χ1v) is 7.48. The van der Waals surface area contributed by atoms with E-state index in [0.717, 1.165) is 14.9 Å². The van der Waals surface area contributed by atoms with Crippen molar-refractivity contribution in [2.24, 2.45) is 0 Å². The molecule has 7 heteroatoms. The van der Waals surface area contributed by atoms with Gasteiger partial charge in [-0.05, 0) is 48.9 Å². The van der Waals surface area contributed by atoms with Gasteiger partial charge >= 0.3 is 6.03 Å². The Balaban J connectivity index is 2.03. The molecule has 1 aromatic carbocycles. The highest BCUT2D eigenvalue weighted by atomic mass is 79.9. The molecule has 23 heavy (non-hydrogen) atoms. The predicted molar refractivity (Wildman–Crippen MR) is 86.6 cm³/mol. The number of amides is 4. The zero-order valence-electron chi connectivity index (χ0n) is 12.0. The van der Waals surface area contributed by atoms with Gasteiger partial charge in [-0.3, -0.25) is 14.9 Å². The molecule has 2 heterocycles. The van der Waals surface area contributed by atoms with Gasteiger partial charge in [0.1, 0.15) is 11.3 Å². The van der Waals surface area contributed by atoms with Crippen LogP contribution in [0, 0.1) is 6.92 Å². The lowest BCUT2D eigenvalue weighted by Gasteiger charge is -2.26. The minimum atomic E-state index is -0.779. The third-order valence-electron chi connectivity index (χ3n) is 3.33. The molecule has 0 saturated carbocycles. The summed E-state index contributed by atoms with van der Waals surface area (Å²) in [6.07, 6.45) is 2.74. The highest BCUT2D eigenvalue weighted by Gasteiger charge is 2.37. The van der Waals surface area contributed by atoms with Crippen molar-refractivity contribution in [3.63, 3.8) is 0 Å². The highest BCUT2D eigenvalue weighted by molar-refractivity contribution is 9.10. The number of anilines is 1. The fraction of sp³-hybridized carbons (Fsp3) is 0.0625. The molecule has 1 N–H and O–H groups in total. The number of carbonyl (C=O) groups is 3. The summed E-state index contributed by atoms with van der Waals surface area (Å²) in [6.45, 7) is 1.84. The van der Waals surface area contributed by atoms with Crippen molar-refractivity contribution in [2.75, 3.05) is 4.90 Å². The van der Waals surface area contributed by atoms with Gasteiger partial charge in [-0.1, -0.05) is 15.9 Å². The van der Waals surface area contributed by atoms with Crippen molar-refractivity contribution in [2.45, 2.75) is 6.92 Å².